The van der Waals surface area contributed by atoms with Gasteiger partial charge in [-0.15, -0.1) is 0 Å². The minimum atomic E-state index is -0.344. The molecule has 1 aliphatic heterocycles. The molecule has 0 radical (unpaired) electrons. The van der Waals surface area contributed by atoms with Crippen molar-refractivity contribution < 1.29 is 4.79 Å². The van der Waals surface area contributed by atoms with Gasteiger partial charge in [-0.05, 0) is 6.92 Å². The fourth-order valence-electron chi connectivity index (χ4n) is 2.21. The van der Waals surface area contributed by atoms with E-state index in [9.17, 15) is 4.79 Å². The number of nitrogens with two attached hydrogens (primary N) is 1. The molecule has 1 aromatic heterocycles. The van der Waals surface area contributed by atoms with Gasteiger partial charge in [-0.2, -0.15) is 0 Å². The van der Waals surface area contributed by atoms with Crippen molar-refractivity contribution in [3.8, 4) is 0 Å². The SMILES string of the molecule is Cc1cc(N2CCNCC2C(N)=O)nc(C(C)C)n1. The minimum Gasteiger partial charge on any atom is -0.368 e. The van der Waals surface area contributed by atoms with E-state index >= 15 is 0 Å². The number of nitrogens with zero attached hydrogens (tertiary/aromatic N) is 3. The van der Waals surface area contributed by atoms with Crippen molar-refractivity contribution in [1.82, 2.24) is 15.3 Å². The van der Waals surface area contributed by atoms with Crippen LogP contribution in [-0.2, 0) is 4.79 Å². The molecular formula is C13H21N5O. The number of aromatic nitrogens is 2. The molecule has 0 bridgehead atoms. The van der Waals surface area contributed by atoms with Gasteiger partial charge in [-0.3, -0.25) is 4.79 Å². The molecule has 0 saturated carbocycles. The quantitative estimate of drug-likeness (QED) is 0.812. The van der Waals surface area contributed by atoms with E-state index in [1.165, 1.54) is 0 Å². The molecule has 1 unspecified atom stereocenters. The van der Waals surface area contributed by atoms with Crippen LogP contribution in [0.3, 0.4) is 0 Å². The lowest BCUT2D eigenvalue weighted by atomic mass is 10.1. The largest absolute Gasteiger partial charge is 0.368 e. The Kier molecular flexibility index (Phi) is 3.99. The molecule has 104 valence electrons. The summed E-state index contributed by atoms with van der Waals surface area (Å²) in [6, 6.07) is 1.57. The summed E-state index contributed by atoms with van der Waals surface area (Å²) in [6.45, 7) is 8.17. The smallest absolute Gasteiger partial charge is 0.241 e. The first-order valence-electron chi connectivity index (χ1n) is 6.61. The van der Waals surface area contributed by atoms with Crippen LogP contribution in [-0.4, -0.2) is 41.6 Å². The summed E-state index contributed by atoms with van der Waals surface area (Å²) in [7, 11) is 0. The predicted molar refractivity (Wildman–Crippen MR) is 74.1 cm³/mol. The highest BCUT2D eigenvalue weighted by Crippen LogP contribution is 2.19. The van der Waals surface area contributed by atoms with Crippen LogP contribution in [0, 0.1) is 6.92 Å². The zero-order valence-electron chi connectivity index (χ0n) is 11.7. The second-order valence-corrected chi connectivity index (χ2v) is 5.20. The van der Waals surface area contributed by atoms with Crippen molar-refractivity contribution >= 4 is 11.7 Å². The average molecular weight is 263 g/mol. The zero-order chi connectivity index (χ0) is 14.0. The second-order valence-electron chi connectivity index (χ2n) is 5.20. The maximum Gasteiger partial charge on any atom is 0.241 e. The molecule has 3 N–H and O–H groups in total. The van der Waals surface area contributed by atoms with Crippen molar-refractivity contribution in [3.63, 3.8) is 0 Å². The Morgan fingerprint density at radius 2 is 2.26 bits per heavy atom. The molecular weight excluding hydrogens is 242 g/mol. The van der Waals surface area contributed by atoms with Crippen molar-refractivity contribution in [2.45, 2.75) is 32.7 Å². The van der Waals surface area contributed by atoms with E-state index in [2.05, 4.69) is 29.1 Å². The Balaban J connectivity index is 2.35. The fraction of sp³-hybridized carbons (Fsp3) is 0.615. The number of carbonyl (C=O) groups excluding carboxylic acids is 1. The molecule has 2 heterocycles. The minimum absolute atomic E-state index is 0.258. The molecule has 1 aromatic rings. The Morgan fingerprint density at radius 1 is 1.53 bits per heavy atom. The van der Waals surface area contributed by atoms with E-state index in [-0.39, 0.29) is 17.9 Å². The third-order valence-electron chi connectivity index (χ3n) is 3.24. The van der Waals surface area contributed by atoms with Gasteiger partial charge in [0.1, 0.15) is 17.7 Å². The summed E-state index contributed by atoms with van der Waals surface area (Å²) in [4.78, 5) is 22.5. The van der Waals surface area contributed by atoms with Gasteiger partial charge >= 0.3 is 0 Å². The number of primary amides is 1. The molecule has 2 rings (SSSR count). The molecule has 1 amide bonds. The maximum atomic E-state index is 11.5. The summed E-state index contributed by atoms with van der Waals surface area (Å²) in [5.74, 6) is 1.53. The van der Waals surface area contributed by atoms with Gasteiger partial charge in [-0.25, -0.2) is 9.97 Å². The van der Waals surface area contributed by atoms with Crippen LogP contribution in [0.15, 0.2) is 6.07 Å². The summed E-state index contributed by atoms with van der Waals surface area (Å²) in [5, 5.41) is 3.18. The summed E-state index contributed by atoms with van der Waals surface area (Å²) >= 11 is 0. The molecule has 19 heavy (non-hydrogen) atoms. The lowest BCUT2D eigenvalue weighted by molar-refractivity contribution is -0.119. The highest BCUT2D eigenvalue weighted by molar-refractivity contribution is 5.83. The number of aryl methyl sites for hydroxylation is 1. The van der Waals surface area contributed by atoms with Gasteiger partial charge in [-0.1, -0.05) is 13.8 Å². The molecule has 1 fully saturated rings. The Bertz CT molecular complexity index is 474. The van der Waals surface area contributed by atoms with Crippen molar-refractivity contribution in [2.24, 2.45) is 5.73 Å². The van der Waals surface area contributed by atoms with Gasteiger partial charge < -0.3 is 16.0 Å². The average Bonchev–Trinajstić information content (AvgIpc) is 2.37. The van der Waals surface area contributed by atoms with Crippen LogP contribution in [0.25, 0.3) is 0 Å². The molecule has 6 nitrogen and oxygen atoms in total. The molecule has 6 heteroatoms. The summed E-state index contributed by atoms with van der Waals surface area (Å²) in [5.41, 5.74) is 6.38. The highest BCUT2D eigenvalue weighted by Gasteiger charge is 2.28. The summed E-state index contributed by atoms with van der Waals surface area (Å²) in [6.07, 6.45) is 0. The number of amides is 1. The fourth-order valence-corrected chi connectivity index (χ4v) is 2.21. The lowest BCUT2D eigenvalue weighted by Gasteiger charge is -2.35. The van der Waals surface area contributed by atoms with Crippen LogP contribution in [0.1, 0.15) is 31.3 Å². The molecule has 0 aliphatic carbocycles. The van der Waals surface area contributed by atoms with Gasteiger partial charge in [0, 0.05) is 37.3 Å². The first-order valence-corrected chi connectivity index (χ1v) is 6.61. The van der Waals surface area contributed by atoms with E-state index in [1.807, 2.05) is 17.9 Å². The number of carbonyl (C=O) groups is 1. The number of nitrogens with one attached hydrogen (secondary N) is 1. The topological polar surface area (TPSA) is 84.1 Å². The first-order chi connectivity index (χ1) is 8.99. The maximum absolute atomic E-state index is 11.5. The first kappa shape index (κ1) is 13.7. The van der Waals surface area contributed by atoms with E-state index in [0.29, 0.717) is 6.54 Å². The number of anilines is 1. The van der Waals surface area contributed by atoms with E-state index in [1.54, 1.807) is 0 Å². The predicted octanol–water partition coefficient (Wildman–Crippen LogP) is 0.172. The Morgan fingerprint density at radius 3 is 2.89 bits per heavy atom. The number of piperazine rings is 1. The molecule has 1 aliphatic rings. The molecule has 0 spiro atoms. The standard InChI is InChI=1S/C13H21N5O/c1-8(2)13-16-9(3)6-11(17-13)18-5-4-15-7-10(18)12(14)19/h6,8,10,15H,4-5,7H2,1-3H3,(H2,14,19). The number of hydrogen-bond acceptors (Lipinski definition) is 5. The zero-order valence-corrected chi connectivity index (χ0v) is 11.7. The lowest BCUT2D eigenvalue weighted by Crippen LogP contribution is -2.57. The number of hydrogen-bond donors (Lipinski definition) is 2. The second kappa shape index (κ2) is 5.52. The van der Waals surface area contributed by atoms with Crippen LogP contribution in [0.4, 0.5) is 5.82 Å². The molecule has 1 saturated heterocycles. The summed E-state index contributed by atoms with van der Waals surface area (Å²) < 4.78 is 0. The van der Waals surface area contributed by atoms with E-state index < -0.39 is 0 Å². The normalized spacial score (nSPS) is 19.8. The van der Waals surface area contributed by atoms with Crippen molar-refractivity contribution in [1.29, 1.82) is 0 Å². The Labute approximate surface area is 113 Å². The third kappa shape index (κ3) is 3.01. The van der Waals surface area contributed by atoms with Gasteiger partial charge in [0.15, 0.2) is 0 Å². The van der Waals surface area contributed by atoms with Gasteiger partial charge in [0.25, 0.3) is 0 Å². The van der Waals surface area contributed by atoms with Crippen LogP contribution >= 0.6 is 0 Å². The monoisotopic (exact) mass is 263 g/mol. The van der Waals surface area contributed by atoms with Crippen LogP contribution in [0.5, 0.6) is 0 Å². The highest BCUT2D eigenvalue weighted by atomic mass is 16.1. The van der Waals surface area contributed by atoms with Gasteiger partial charge in [0.05, 0.1) is 0 Å². The number of rotatable bonds is 3. The molecule has 0 aromatic carbocycles. The third-order valence-corrected chi connectivity index (χ3v) is 3.24. The molecule has 1 atom stereocenters. The van der Waals surface area contributed by atoms with Crippen LogP contribution in [0.2, 0.25) is 0 Å². The van der Waals surface area contributed by atoms with E-state index in [4.69, 9.17) is 5.73 Å². The van der Waals surface area contributed by atoms with Gasteiger partial charge in [0.2, 0.25) is 5.91 Å². The Hall–Kier alpha value is -1.69. The van der Waals surface area contributed by atoms with Crippen LogP contribution < -0.4 is 16.0 Å². The van der Waals surface area contributed by atoms with Crippen molar-refractivity contribution in [3.05, 3.63) is 17.6 Å². The van der Waals surface area contributed by atoms with E-state index in [0.717, 1.165) is 30.4 Å². The van der Waals surface area contributed by atoms with Crippen molar-refractivity contribution in [2.75, 3.05) is 24.5 Å².